The molecular weight excluding hydrogens is 126 g/mol. The van der Waals surface area contributed by atoms with Gasteiger partial charge in [0.05, 0.1) is 6.04 Å². The van der Waals surface area contributed by atoms with E-state index < -0.39 is 0 Å². The molecule has 60 valence electrons. The standard InChI is InChI=1S/C8H17NO/c1-5-7(2)9(4)8(3)6-10/h6-8H,5H2,1-4H3. The Morgan fingerprint density at radius 1 is 1.50 bits per heavy atom. The van der Waals surface area contributed by atoms with Crippen molar-refractivity contribution in [2.45, 2.75) is 39.3 Å². The van der Waals surface area contributed by atoms with Gasteiger partial charge in [0.2, 0.25) is 0 Å². The summed E-state index contributed by atoms with van der Waals surface area (Å²) in [7, 11) is 1.98. The Morgan fingerprint density at radius 2 is 2.00 bits per heavy atom. The van der Waals surface area contributed by atoms with Crippen molar-refractivity contribution < 1.29 is 4.79 Å². The van der Waals surface area contributed by atoms with Crippen LogP contribution in [-0.2, 0) is 4.79 Å². The molecule has 0 saturated heterocycles. The van der Waals surface area contributed by atoms with Crippen LogP contribution < -0.4 is 0 Å². The normalized spacial score (nSPS) is 16.9. The maximum Gasteiger partial charge on any atom is 0.136 e. The van der Waals surface area contributed by atoms with Crippen LogP contribution >= 0.6 is 0 Å². The average molecular weight is 143 g/mol. The van der Waals surface area contributed by atoms with Crippen LogP contribution in [0.25, 0.3) is 0 Å². The van der Waals surface area contributed by atoms with Crippen molar-refractivity contribution in [3.05, 3.63) is 0 Å². The van der Waals surface area contributed by atoms with Crippen LogP contribution in [0.3, 0.4) is 0 Å². The van der Waals surface area contributed by atoms with Gasteiger partial charge in [0.25, 0.3) is 0 Å². The molecule has 0 aliphatic carbocycles. The molecule has 2 unspecified atom stereocenters. The Hall–Kier alpha value is -0.370. The van der Waals surface area contributed by atoms with Gasteiger partial charge >= 0.3 is 0 Å². The minimum Gasteiger partial charge on any atom is -0.302 e. The molecular formula is C8H17NO. The van der Waals surface area contributed by atoms with Crippen molar-refractivity contribution in [1.29, 1.82) is 0 Å². The number of hydrogen-bond donors (Lipinski definition) is 0. The first-order chi connectivity index (χ1) is 4.63. The summed E-state index contributed by atoms with van der Waals surface area (Å²) in [6.45, 7) is 6.16. The van der Waals surface area contributed by atoms with Crippen LogP contribution in [-0.4, -0.2) is 30.3 Å². The van der Waals surface area contributed by atoms with Gasteiger partial charge in [-0.3, -0.25) is 4.90 Å². The van der Waals surface area contributed by atoms with Gasteiger partial charge in [-0.25, -0.2) is 0 Å². The van der Waals surface area contributed by atoms with Gasteiger partial charge in [-0.15, -0.1) is 0 Å². The van der Waals surface area contributed by atoms with Crippen molar-refractivity contribution in [3.8, 4) is 0 Å². The van der Waals surface area contributed by atoms with Gasteiger partial charge in [0.1, 0.15) is 6.29 Å². The number of likely N-dealkylation sites (N-methyl/N-ethyl adjacent to an activating group) is 1. The maximum absolute atomic E-state index is 10.3. The molecule has 0 amide bonds. The van der Waals surface area contributed by atoms with E-state index in [9.17, 15) is 4.79 Å². The fraction of sp³-hybridized carbons (Fsp3) is 0.875. The number of aldehydes is 1. The predicted octanol–water partition coefficient (Wildman–Crippen LogP) is 1.30. The van der Waals surface area contributed by atoms with E-state index in [0.717, 1.165) is 12.7 Å². The Balaban J connectivity index is 3.80. The van der Waals surface area contributed by atoms with Crippen LogP contribution in [0.1, 0.15) is 27.2 Å². The number of nitrogens with zero attached hydrogens (tertiary/aromatic N) is 1. The molecule has 0 aromatic rings. The third-order valence-electron chi connectivity index (χ3n) is 2.13. The monoisotopic (exact) mass is 143 g/mol. The van der Waals surface area contributed by atoms with Crippen molar-refractivity contribution in [3.63, 3.8) is 0 Å². The molecule has 2 nitrogen and oxygen atoms in total. The van der Waals surface area contributed by atoms with E-state index in [0.29, 0.717) is 6.04 Å². The van der Waals surface area contributed by atoms with Crippen LogP contribution in [0, 0.1) is 0 Å². The molecule has 0 rings (SSSR count). The molecule has 0 saturated carbocycles. The second-order valence-corrected chi connectivity index (χ2v) is 2.80. The number of rotatable bonds is 4. The zero-order valence-corrected chi connectivity index (χ0v) is 7.29. The molecule has 0 fully saturated rings. The lowest BCUT2D eigenvalue weighted by atomic mass is 10.2. The van der Waals surface area contributed by atoms with Crippen LogP contribution in [0.5, 0.6) is 0 Å². The Morgan fingerprint density at radius 3 is 2.30 bits per heavy atom. The molecule has 0 heterocycles. The quantitative estimate of drug-likeness (QED) is 0.553. The molecule has 0 bridgehead atoms. The molecule has 0 aromatic carbocycles. The van der Waals surface area contributed by atoms with Crippen molar-refractivity contribution in [1.82, 2.24) is 4.90 Å². The Kier molecular flexibility index (Phi) is 4.28. The summed E-state index contributed by atoms with van der Waals surface area (Å²) in [5.74, 6) is 0. The predicted molar refractivity (Wildman–Crippen MR) is 43.0 cm³/mol. The van der Waals surface area contributed by atoms with Gasteiger partial charge in [-0.1, -0.05) is 6.92 Å². The summed E-state index contributed by atoms with van der Waals surface area (Å²) in [5.41, 5.74) is 0. The van der Waals surface area contributed by atoms with E-state index in [4.69, 9.17) is 0 Å². The number of carbonyl (C=O) groups is 1. The molecule has 0 aromatic heterocycles. The van der Waals surface area contributed by atoms with Gasteiger partial charge in [0, 0.05) is 6.04 Å². The summed E-state index contributed by atoms with van der Waals surface area (Å²) >= 11 is 0. The van der Waals surface area contributed by atoms with Gasteiger partial charge < -0.3 is 4.79 Å². The Bertz CT molecular complexity index is 103. The zero-order valence-electron chi connectivity index (χ0n) is 7.29. The van der Waals surface area contributed by atoms with Crippen LogP contribution in [0.2, 0.25) is 0 Å². The second-order valence-electron chi connectivity index (χ2n) is 2.80. The van der Waals surface area contributed by atoms with Crippen LogP contribution in [0.4, 0.5) is 0 Å². The highest BCUT2D eigenvalue weighted by Crippen LogP contribution is 2.02. The first-order valence-corrected chi connectivity index (χ1v) is 3.80. The number of carbonyl (C=O) groups excluding carboxylic acids is 1. The van der Waals surface area contributed by atoms with Gasteiger partial charge in [-0.05, 0) is 27.3 Å². The third kappa shape index (κ3) is 2.48. The first-order valence-electron chi connectivity index (χ1n) is 3.80. The summed E-state index contributed by atoms with van der Waals surface area (Å²) < 4.78 is 0. The van der Waals surface area contributed by atoms with E-state index in [1.54, 1.807) is 0 Å². The van der Waals surface area contributed by atoms with E-state index >= 15 is 0 Å². The Labute approximate surface area is 63.2 Å². The van der Waals surface area contributed by atoms with Gasteiger partial charge in [0.15, 0.2) is 0 Å². The topological polar surface area (TPSA) is 20.3 Å². The minimum atomic E-state index is 0.0509. The lowest BCUT2D eigenvalue weighted by Crippen LogP contribution is -2.37. The smallest absolute Gasteiger partial charge is 0.136 e. The fourth-order valence-corrected chi connectivity index (χ4v) is 0.785. The van der Waals surface area contributed by atoms with Crippen molar-refractivity contribution in [2.24, 2.45) is 0 Å². The average Bonchev–Trinajstić information content (AvgIpc) is 2.00. The van der Waals surface area contributed by atoms with Crippen LogP contribution in [0.15, 0.2) is 0 Å². The molecule has 0 N–H and O–H groups in total. The van der Waals surface area contributed by atoms with E-state index in [-0.39, 0.29) is 6.04 Å². The molecule has 0 aliphatic rings. The molecule has 0 spiro atoms. The number of hydrogen-bond acceptors (Lipinski definition) is 2. The second kappa shape index (κ2) is 4.45. The SMILES string of the molecule is CCC(C)N(C)C(C)C=O. The maximum atomic E-state index is 10.3. The highest BCUT2D eigenvalue weighted by atomic mass is 16.1. The van der Waals surface area contributed by atoms with E-state index in [1.807, 2.05) is 14.0 Å². The van der Waals surface area contributed by atoms with E-state index in [2.05, 4.69) is 18.7 Å². The first kappa shape index (κ1) is 9.63. The summed E-state index contributed by atoms with van der Waals surface area (Å²) in [6.07, 6.45) is 2.07. The molecule has 0 aliphatic heterocycles. The summed E-state index contributed by atoms with van der Waals surface area (Å²) in [4.78, 5) is 12.4. The molecule has 10 heavy (non-hydrogen) atoms. The third-order valence-corrected chi connectivity index (χ3v) is 2.13. The van der Waals surface area contributed by atoms with Gasteiger partial charge in [-0.2, -0.15) is 0 Å². The fourth-order valence-electron chi connectivity index (χ4n) is 0.785. The molecule has 0 radical (unpaired) electrons. The molecule has 2 heteroatoms. The lowest BCUT2D eigenvalue weighted by molar-refractivity contribution is -0.112. The highest BCUT2D eigenvalue weighted by molar-refractivity contribution is 5.56. The highest BCUT2D eigenvalue weighted by Gasteiger charge is 2.12. The lowest BCUT2D eigenvalue weighted by Gasteiger charge is -2.26. The van der Waals surface area contributed by atoms with Crippen molar-refractivity contribution >= 4 is 6.29 Å². The summed E-state index contributed by atoms with van der Waals surface area (Å²) in [5, 5.41) is 0. The largest absolute Gasteiger partial charge is 0.302 e. The molecule has 2 atom stereocenters. The van der Waals surface area contributed by atoms with Crippen molar-refractivity contribution in [2.75, 3.05) is 7.05 Å². The summed E-state index contributed by atoms with van der Waals surface area (Å²) in [6, 6.07) is 0.551. The zero-order chi connectivity index (χ0) is 8.15. The minimum absolute atomic E-state index is 0.0509. The van der Waals surface area contributed by atoms with E-state index in [1.165, 1.54) is 0 Å².